The molecule has 3 rings (SSSR count). The second-order valence-corrected chi connectivity index (χ2v) is 10.3. The van der Waals surface area contributed by atoms with Crippen LogP contribution in [-0.2, 0) is 24.3 Å². The first-order valence-corrected chi connectivity index (χ1v) is 11.7. The smallest absolute Gasteiger partial charge is 0.309 e. The fourth-order valence-corrected chi connectivity index (χ4v) is 5.90. The van der Waals surface area contributed by atoms with Crippen molar-refractivity contribution in [3.63, 3.8) is 0 Å². The van der Waals surface area contributed by atoms with Gasteiger partial charge in [-0.05, 0) is 42.5 Å². The number of amides is 1. The maximum atomic E-state index is 12.5. The summed E-state index contributed by atoms with van der Waals surface area (Å²) in [6.45, 7) is 0.132. The number of hydrogen-bond donors (Lipinski definition) is 1. The molecule has 1 amide bonds. The van der Waals surface area contributed by atoms with Crippen molar-refractivity contribution in [1.82, 2.24) is 4.31 Å². The molecule has 1 N–H and O–H groups in total. The van der Waals surface area contributed by atoms with Crippen LogP contribution in [0.25, 0.3) is 0 Å². The lowest BCUT2D eigenvalue weighted by atomic mass is 9.98. The van der Waals surface area contributed by atoms with E-state index in [1.165, 1.54) is 15.6 Å². The minimum atomic E-state index is -3.50. The highest BCUT2D eigenvalue weighted by atomic mass is 79.9. The van der Waals surface area contributed by atoms with Gasteiger partial charge >= 0.3 is 5.97 Å². The molecule has 10 heteroatoms. The van der Waals surface area contributed by atoms with E-state index in [9.17, 15) is 18.0 Å². The average Bonchev–Trinajstić information content (AvgIpc) is 3.22. The highest BCUT2D eigenvalue weighted by molar-refractivity contribution is 9.10. The molecule has 0 radical (unpaired) electrons. The van der Waals surface area contributed by atoms with E-state index in [4.69, 9.17) is 4.74 Å². The number of nitrogens with zero attached hydrogens (tertiary/aromatic N) is 1. The lowest BCUT2D eigenvalue weighted by Crippen LogP contribution is -2.40. The summed E-state index contributed by atoms with van der Waals surface area (Å²) in [6.07, 6.45) is 0.743. The number of nitrogens with one attached hydrogen (secondary N) is 1. The Labute approximate surface area is 175 Å². The van der Waals surface area contributed by atoms with E-state index >= 15 is 0 Å². The molecule has 2 aromatic rings. The molecule has 1 aromatic carbocycles. The highest BCUT2D eigenvalue weighted by Crippen LogP contribution is 2.26. The third-order valence-electron chi connectivity index (χ3n) is 4.33. The molecule has 2 heterocycles. The monoisotopic (exact) mass is 486 g/mol. The SMILES string of the molecule is O=C(COC(=O)C1CCN(S(=O)(=O)c2cccs2)CC1)Nc1cccc(Br)c1. The van der Waals surface area contributed by atoms with Gasteiger partial charge in [-0.2, -0.15) is 4.31 Å². The normalized spacial score (nSPS) is 15.9. The minimum absolute atomic E-state index is 0.254. The zero-order chi connectivity index (χ0) is 20.1. The number of sulfonamides is 1. The van der Waals surface area contributed by atoms with Gasteiger partial charge in [-0.25, -0.2) is 8.42 Å². The summed E-state index contributed by atoms with van der Waals surface area (Å²) in [6, 6.07) is 10.4. The maximum absolute atomic E-state index is 12.5. The maximum Gasteiger partial charge on any atom is 0.309 e. The first-order valence-electron chi connectivity index (χ1n) is 8.62. The van der Waals surface area contributed by atoms with Crippen molar-refractivity contribution < 1.29 is 22.7 Å². The number of piperidine rings is 1. The number of thiophene rings is 1. The molecule has 0 spiro atoms. The number of halogens is 1. The molecule has 150 valence electrons. The van der Waals surface area contributed by atoms with E-state index in [1.807, 2.05) is 6.07 Å². The molecule has 0 atom stereocenters. The molecular weight excluding hydrogens is 468 g/mol. The van der Waals surface area contributed by atoms with E-state index in [0.717, 1.165) is 4.47 Å². The zero-order valence-corrected chi connectivity index (χ0v) is 18.1. The fourth-order valence-electron chi connectivity index (χ4n) is 2.89. The number of carbonyl (C=O) groups is 2. The second-order valence-electron chi connectivity index (χ2n) is 6.28. The molecule has 1 aliphatic rings. The minimum Gasteiger partial charge on any atom is -0.455 e. The molecule has 1 aliphatic heterocycles. The molecule has 1 saturated heterocycles. The van der Waals surface area contributed by atoms with E-state index in [-0.39, 0.29) is 19.7 Å². The number of rotatable bonds is 6. The molecule has 28 heavy (non-hydrogen) atoms. The summed E-state index contributed by atoms with van der Waals surface area (Å²) >= 11 is 4.49. The fraction of sp³-hybridized carbons (Fsp3) is 0.333. The van der Waals surface area contributed by atoms with Crippen molar-refractivity contribution in [3.05, 3.63) is 46.3 Å². The van der Waals surface area contributed by atoms with Gasteiger partial charge in [-0.1, -0.05) is 28.1 Å². The van der Waals surface area contributed by atoms with Crippen LogP contribution in [0, 0.1) is 5.92 Å². The number of anilines is 1. The molecule has 0 unspecified atom stereocenters. The standard InChI is InChI=1S/C18H19BrN2O5S2/c19-14-3-1-4-15(11-14)20-16(22)12-26-18(23)13-6-8-21(9-7-13)28(24,25)17-5-2-10-27-17/h1-5,10-11,13H,6-9,12H2,(H,20,22). The third kappa shape index (κ3) is 5.19. The van der Waals surface area contributed by atoms with Gasteiger partial charge in [0.05, 0.1) is 5.92 Å². The molecule has 0 aliphatic carbocycles. The van der Waals surface area contributed by atoms with Crippen LogP contribution < -0.4 is 5.32 Å². The van der Waals surface area contributed by atoms with Gasteiger partial charge in [0.2, 0.25) is 0 Å². The van der Waals surface area contributed by atoms with Gasteiger partial charge in [0.25, 0.3) is 15.9 Å². The Morgan fingerprint density at radius 2 is 1.96 bits per heavy atom. The van der Waals surface area contributed by atoms with Crippen LogP contribution in [0.1, 0.15) is 12.8 Å². The molecule has 0 bridgehead atoms. The number of ether oxygens (including phenoxy) is 1. The number of benzene rings is 1. The Morgan fingerprint density at radius 3 is 2.61 bits per heavy atom. The van der Waals surface area contributed by atoms with Crippen molar-refractivity contribution in [2.24, 2.45) is 5.92 Å². The van der Waals surface area contributed by atoms with Crippen molar-refractivity contribution in [2.75, 3.05) is 25.0 Å². The number of carbonyl (C=O) groups excluding carboxylic acids is 2. The van der Waals surface area contributed by atoms with E-state index < -0.39 is 27.8 Å². The Bertz CT molecular complexity index is 939. The van der Waals surface area contributed by atoms with E-state index in [2.05, 4.69) is 21.2 Å². The van der Waals surface area contributed by atoms with Gasteiger partial charge < -0.3 is 10.1 Å². The molecule has 1 aromatic heterocycles. The van der Waals surface area contributed by atoms with Gasteiger partial charge in [0, 0.05) is 23.2 Å². The zero-order valence-electron chi connectivity index (χ0n) is 14.8. The van der Waals surface area contributed by atoms with Crippen molar-refractivity contribution >= 4 is 54.9 Å². The Morgan fingerprint density at radius 1 is 1.21 bits per heavy atom. The summed E-state index contributed by atoms with van der Waals surface area (Å²) in [5, 5.41) is 4.37. The van der Waals surface area contributed by atoms with Crippen LogP contribution in [0.5, 0.6) is 0 Å². The van der Waals surface area contributed by atoms with Gasteiger partial charge in [-0.15, -0.1) is 11.3 Å². The van der Waals surface area contributed by atoms with Gasteiger partial charge in [0.1, 0.15) is 4.21 Å². The molecule has 1 fully saturated rings. The molecule has 0 saturated carbocycles. The number of esters is 1. The predicted octanol–water partition coefficient (Wildman–Crippen LogP) is 3.09. The third-order valence-corrected chi connectivity index (χ3v) is 8.10. The van der Waals surface area contributed by atoms with Crippen molar-refractivity contribution in [2.45, 2.75) is 17.1 Å². The quantitative estimate of drug-likeness (QED) is 0.633. The van der Waals surface area contributed by atoms with Crippen molar-refractivity contribution in [1.29, 1.82) is 0 Å². The van der Waals surface area contributed by atoms with Crippen molar-refractivity contribution in [3.8, 4) is 0 Å². The van der Waals surface area contributed by atoms with Crippen LogP contribution >= 0.6 is 27.3 Å². The predicted molar refractivity (Wildman–Crippen MR) is 110 cm³/mol. The van der Waals surface area contributed by atoms with Crippen LogP contribution in [0.3, 0.4) is 0 Å². The summed E-state index contributed by atoms with van der Waals surface area (Å²) in [4.78, 5) is 24.2. The Kier molecular flexibility index (Phi) is 6.86. The van der Waals surface area contributed by atoms with Crippen LogP contribution in [0.4, 0.5) is 5.69 Å². The van der Waals surface area contributed by atoms with Crippen LogP contribution in [0.15, 0.2) is 50.5 Å². The summed E-state index contributed by atoms with van der Waals surface area (Å²) in [5.74, 6) is -1.31. The second kappa shape index (κ2) is 9.17. The molecular formula is C18H19BrN2O5S2. The summed E-state index contributed by atoms with van der Waals surface area (Å²) < 4.78 is 32.6. The van der Waals surface area contributed by atoms with Gasteiger partial charge in [0.15, 0.2) is 6.61 Å². The largest absolute Gasteiger partial charge is 0.455 e. The van der Waals surface area contributed by atoms with Gasteiger partial charge in [-0.3, -0.25) is 9.59 Å². The number of hydrogen-bond acceptors (Lipinski definition) is 6. The Balaban J connectivity index is 1.46. The summed E-state index contributed by atoms with van der Waals surface area (Å²) in [5.41, 5.74) is 0.600. The lowest BCUT2D eigenvalue weighted by molar-refractivity contribution is -0.152. The van der Waals surface area contributed by atoms with E-state index in [1.54, 1.807) is 35.7 Å². The first-order chi connectivity index (χ1) is 13.4. The van der Waals surface area contributed by atoms with Crippen LogP contribution in [0.2, 0.25) is 0 Å². The Hall–Kier alpha value is -1.75. The molecule has 7 nitrogen and oxygen atoms in total. The topological polar surface area (TPSA) is 92.8 Å². The average molecular weight is 487 g/mol. The summed E-state index contributed by atoms with van der Waals surface area (Å²) in [7, 11) is -3.50. The lowest BCUT2D eigenvalue weighted by Gasteiger charge is -2.29. The van der Waals surface area contributed by atoms with Crippen LogP contribution in [-0.4, -0.2) is 44.3 Å². The first kappa shape index (κ1) is 21.0. The van der Waals surface area contributed by atoms with E-state index in [0.29, 0.717) is 22.7 Å². The highest BCUT2D eigenvalue weighted by Gasteiger charge is 2.33.